The zero-order valence-corrected chi connectivity index (χ0v) is 15.3. The van der Waals surface area contributed by atoms with Crippen molar-refractivity contribution in [3.05, 3.63) is 74.6 Å². The number of aliphatic hydroxyl groups is 1. The van der Waals surface area contributed by atoms with Crippen molar-refractivity contribution in [1.29, 1.82) is 0 Å². The molecule has 2 aromatic heterocycles. The fraction of sp³-hybridized carbons (Fsp3) is 0.211. The normalized spacial score (nSPS) is 13.2. The highest BCUT2D eigenvalue weighted by atomic mass is 32.1. The maximum Gasteiger partial charge on any atom is 0.261 e. The number of aliphatic hydroxyl groups excluding tert-OH is 1. The molecule has 0 aliphatic rings. The average Bonchev–Trinajstić information content (AvgIpc) is 3.32. The summed E-state index contributed by atoms with van der Waals surface area (Å²) in [6.07, 6.45) is -1.18. The molecule has 1 amide bonds. The zero-order valence-electron chi connectivity index (χ0n) is 13.7. The largest absolute Gasteiger partial charge is 0.481 e. The van der Waals surface area contributed by atoms with Gasteiger partial charge < -0.3 is 15.2 Å². The van der Waals surface area contributed by atoms with Gasteiger partial charge in [-0.15, -0.1) is 11.3 Å². The average molecular weight is 373 g/mol. The Morgan fingerprint density at radius 1 is 1.20 bits per heavy atom. The van der Waals surface area contributed by atoms with Gasteiger partial charge in [0.25, 0.3) is 5.91 Å². The molecule has 0 bridgehead atoms. The van der Waals surface area contributed by atoms with Crippen LogP contribution in [0.25, 0.3) is 0 Å². The SMILES string of the molecule is CC(Oc1ccccc1)C(=O)NCc1ccc(C(O)c2ccsc2)s1. The van der Waals surface area contributed by atoms with Crippen molar-refractivity contribution in [2.45, 2.75) is 25.7 Å². The summed E-state index contributed by atoms with van der Waals surface area (Å²) in [5.74, 6) is 0.500. The number of carbonyl (C=O) groups excluding carboxylic acids is 1. The summed E-state index contributed by atoms with van der Waals surface area (Å²) in [6.45, 7) is 2.14. The van der Waals surface area contributed by atoms with Gasteiger partial charge in [0, 0.05) is 9.75 Å². The lowest BCUT2D eigenvalue weighted by Gasteiger charge is -2.14. The molecule has 2 heterocycles. The Morgan fingerprint density at radius 3 is 2.72 bits per heavy atom. The monoisotopic (exact) mass is 373 g/mol. The molecule has 130 valence electrons. The van der Waals surface area contributed by atoms with E-state index in [1.54, 1.807) is 18.3 Å². The van der Waals surface area contributed by atoms with Crippen molar-refractivity contribution < 1.29 is 14.6 Å². The van der Waals surface area contributed by atoms with Crippen LogP contribution in [0.1, 0.15) is 28.3 Å². The summed E-state index contributed by atoms with van der Waals surface area (Å²) in [6, 6.07) is 15.0. The number of rotatable bonds is 7. The van der Waals surface area contributed by atoms with Crippen molar-refractivity contribution in [2.75, 3.05) is 0 Å². The molecule has 6 heteroatoms. The minimum absolute atomic E-state index is 0.169. The third kappa shape index (κ3) is 4.69. The molecule has 0 aliphatic carbocycles. The van der Waals surface area contributed by atoms with Gasteiger partial charge in [0.15, 0.2) is 6.10 Å². The van der Waals surface area contributed by atoms with Gasteiger partial charge >= 0.3 is 0 Å². The number of nitrogens with one attached hydrogen (secondary N) is 1. The Hall–Kier alpha value is -2.15. The quantitative estimate of drug-likeness (QED) is 0.659. The van der Waals surface area contributed by atoms with Crippen LogP contribution in [0.2, 0.25) is 0 Å². The Labute approximate surface area is 154 Å². The van der Waals surface area contributed by atoms with Crippen LogP contribution in [0.3, 0.4) is 0 Å². The molecule has 0 saturated carbocycles. The number of amides is 1. The Bertz CT molecular complexity index is 799. The van der Waals surface area contributed by atoms with Gasteiger partial charge in [0.05, 0.1) is 6.54 Å². The molecular formula is C19H19NO3S2. The van der Waals surface area contributed by atoms with Crippen LogP contribution >= 0.6 is 22.7 Å². The van der Waals surface area contributed by atoms with E-state index in [9.17, 15) is 9.90 Å². The van der Waals surface area contributed by atoms with Gasteiger partial charge in [0.1, 0.15) is 11.9 Å². The molecule has 2 N–H and O–H groups in total. The van der Waals surface area contributed by atoms with Crippen molar-refractivity contribution >= 4 is 28.6 Å². The number of hydrogen-bond acceptors (Lipinski definition) is 5. The minimum Gasteiger partial charge on any atom is -0.481 e. The molecule has 0 saturated heterocycles. The number of benzene rings is 1. The predicted molar refractivity (Wildman–Crippen MR) is 101 cm³/mol. The number of carbonyl (C=O) groups is 1. The number of para-hydroxylation sites is 1. The van der Waals surface area contributed by atoms with E-state index in [1.807, 2.05) is 59.3 Å². The third-order valence-electron chi connectivity index (χ3n) is 3.67. The molecule has 3 aromatic rings. The lowest BCUT2D eigenvalue weighted by Crippen LogP contribution is -2.35. The molecule has 2 atom stereocenters. The Balaban J connectivity index is 1.52. The summed E-state index contributed by atoms with van der Waals surface area (Å²) in [5, 5.41) is 17.1. The van der Waals surface area contributed by atoms with Crippen LogP contribution in [-0.2, 0) is 11.3 Å². The first-order chi connectivity index (χ1) is 12.1. The standard InChI is InChI=1S/C19H19NO3S2/c1-13(23-15-5-3-2-4-6-15)19(22)20-11-16-7-8-17(25-16)18(21)14-9-10-24-12-14/h2-10,12-13,18,21H,11H2,1H3,(H,20,22). The molecule has 0 fully saturated rings. The second kappa shape index (κ2) is 8.29. The lowest BCUT2D eigenvalue weighted by molar-refractivity contribution is -0.127. The summed E-state index contributed by atoms with van der Waals surface area (Å²) in [4.78, 5) is 14.0. The smallest absolute Gasteiger partial charge is 0.261 e. The number of ether oxygens (including phenoxy) is 1. The first-order valence-electron chi connectivity index (χ1n) is 7.91. The Morgan fingerprint density at radius 2 is 2.00 bits per heavy atom. The molecule has 4 nitrogen and oxygen atoms in total. The van der Waals surface area contributed by atoms with Crippen molar-refractivity contribution in [1.82, 2.24) is 5.32 Å². The van der Waals surface area contributed by atoms with E-state index in [0.29, 0.717) is 12.3 Å². The maximum atomic E-state index is 12.2. The Kier molecular flexibility index (Phi) is 5.86. The highest BCUT2D eigenvalue weighted by molar-refractivity contribution is 7.12. The highest BCUT2D eigenvalue weighted by Gasteiger charge is 2.16. The third-order valence-corrected chi connectivity index (χ3v) is 5.51. The summed E-state index contributed by atoms with van der Waals surface area (Å²) >= 11 is 3.06. The molecule has 0 aliphatic heterocycles. The fourth-order valence-corrected chi connectivity index (χ4v) is 3.95. The molecule has 3 rings (SSSR count). The first kappa shape index (κ1) is 17.7. The summed E-state index contributed by atoms with van der Waals surface area (Å²) < 4.78 is 5.61. The van der Waals surface area contributed by atoms with Crippen LogP contribution in [0.5, 0.6) is 5.75 Å². The van der Waals surface area contributed by atoms with E-state index < -0.39 is 12.2 Å². The van der Waals surface area contributed by atoms with Crippen LogP contribution in [0, 0.1) is 0 Å². The van der Waals surface area contributed by atoms with E-state index >= 15 is 0 Å². The van der Waals surface area contributed by atoms with Gasteiger partial charge in [-0.2, -0.15) is 11.3 Å². The number of hydrogen-bond donors (Lipinski definition) is 2. The topological polar surface area (TPSA) is 58.6 Å². The molecular weight excluding hydrogens is 354 g/mol. The second-order valence-electron chi connectivity index (χ2n) is 5.55. The van der Waals surface area contributed by atoms with Crippen LogP contribution in [0.4, 0.5) is 0 Å². The second-order valence-corrected chi connectivity index (χ2v) is 7.53. The van der Waals surface area contributed by atoms with E-state index in [2.05, 4.69) is 5.32 Å². The van der Waals surface area contributed by atoms with Gasteiger partial charge in [-0.25, -0.2) is 0 Å². The van der Waals surface area contributed by atoms with Crippen molar-refractivity contribution in [3.63, 3.8) is 0 Å². The summed E-state index contributed by atoms with van der Waals surface area (Å²) in [5.41, 5.74) is 0.896. The van der Waals surface area contributed by atoms with Crippen LogP contribution in [0.15, 0.2) is 59.3 Å². The molecule has 0 spiro atoms. The van der Waals surface area contributed by atoms with Gasteiger partial charge in [-0.1, -0.05) is 18.2 Å². The fourth-order valence-electron chi connectivity index (χ4n) is 2.31. The molecule has 25 heavy (non-hydrogen) atoms. The number of thiophene rings is 2. The van der Waals surface area contributed by atoms with Crippen LogP contribution < -0.4 is 10.1 Å². The molecule has 0 radical (unpaired) electrons. The van der Waals surface area contributed by atoms with Gasteiger partial charge in [-0.05, 0) is 53.6 Å². The molecule has 2 unspecified atom stereocenters. The predicted octanol–water partition coefficient (Wildman–Crippen LogP) is 3.98. The lowest BCUT2D eigenvalue weighted by atomic mass is 10.2. The van der Waals surface area contributed by atoms with Crippen molar-refractivity contribution in [2.24, 2.45) is 0 Å². The minimum atomic E-state index is -0.610. The van der Waals surface area contributed by atoms with E-state index in [0.717, 1.165) is 15.3 Å². The maximum absolute atomic E-state index is 12.2. The van der Waals surface area contributed by atoms with Gasteiger partial charge in [-0.3, -0.25) is 4.79 Å². The molecule has 1 aromatic carbocycles. The first-order valence-corrected chi connectivity index (χ1v) is 9.67. The van der Waals surface area contributed by atoms with E-state index in [1.165, 1.54) is 11.3 Å². The highest BCUT2D eigenvalue weighted by Crippen LogP contribution is 2.29. The van der Waals surface area contributed by atoms with Gasteiger partial charge in [0.2, 0.25) is 0 Å². The van der Waals surface area contributed by atoms with E-state index in [-0.39, 0.29) is 5.91 Å². The van der Waals surface area contributed by atoms with Crippen molar-refractivity contribution in [3.8, 4) is 5.75 Å². The summed E-state index contributed by atoms with van der Waals surface area (Å²) in [7, 11) is 0. The van der Waals surface area contributed by atoms with E-state index in [4.69, 9.17) is 4.74 Å². The zero-order chi connectivity index (χ0) is 17.6. The van der Waals surface area contributed by atoms with Crippen LogP contribution in [-0.4, -0.2) is 17.1 Å².